The van der Waals surface area contributed by atoms with E-state index in [2.05, 4.69) is 23.2 Å². The van der Waals surface area contributed by atoms with Crippen molar-refractivity contribution in [2.75, 3.05) is 5.73 Å². The van der Waals surface area contributed by atoms with Crippen molar-refractivity contribution in [2.24, 2.45) is 0 Å². The largest absolute Gasteiger partial charge is 0.394 e. The van der Waals surface area contributed by atoms with Gasteiger partial charge in [-0.15, -0.1) is 0 Å². The first-order chi connectivity index (χ1) is 8.24. The van der Waals surface area contributed by atoms with Crippen LogP contribution in [0.3, 0.4) is 0 Å². The summed E-state index contributed by atoms with van der Waals surface area (Å²) in [4.78, 5) is 14.3. The van der Waals surface area contributed by atoms with Gasteiger partial charge in [0.05, 0.1) is 5.69 Å². The zero-order chi connectivity index (χ0) is 11.8. The van der Waals surface area contributed by atoms with Crippen LogP contribution in [0.2, 0.25) is 0 Å². The molecule has 0 amide bonds. The van der Waals surface area contributed by atoms with E-state index in [9.17, 15) is 4.79 Å². The molecule has 0 atom stereocenters. The molecule has 1 aliphatic rings. The molecule has 0 spiro atoms. The SMILES string of the molecule is Nc1ccc(-c2ccc3c(c2)CCC3)[nH]c1=O. The Kier molecular flexibility index (Phi) is 2.25. The molecule has 86 valence electrons. The summed E-state index contributed by atoms with van der Waals surface area (Å²) in [7, 11) is 0. The molecule has 1 heterocycles. The Bertz CT molecular complexity index is 628. The second-order valence-electron chi connectivity index (χ2n) is 4.49. The summed E-state index contributed by atoms with van der Waals surface area (Å²) in [6, 6.07) is 9.90. The Morgan fingerprint density at radius 3 is 2.71 bits per heavy atom. The van der Waals surface area contributed by atoms with Gasteiger partial charge in [-0.2, -0.15) is 0 Å². The molecule has 0 saturated heterocycles. The fourth-order valence-electron chi connectivity index (χ4n) is 2.39. The molecule has 3 nitrogen and oxygen atoms in total. The van der Waals surface area contributed by atoms with E-state index in [4.69, 9.17) is 5.73 Å². The van der Waals surface area contributed by atoms with Gasteiger partial charge >= 0.3 is 0 Å². The molecule has 1 aromatic carbocycles. The number of hydrogen-bond donors (Lipinski definition) is 2. The Labute approximate surface area is 99.3 Å². The number of nitrogen functional groups attached to an aromatic ring is 1. The topological polar surface area (TPSA) is 58.9 Å². The van der Waals surface area contributed by atoms with Gasteiger partial charge in [-0.25, -0.2) is 0 Å². The zero-order valence-corrected chi connectivity index (χ0v) is 9.49. The molecule has 0 bridgehead atoms. The number of H-pyrrole nitrogens is 1. The summed E-state index contributed by atoms with van der Waals surface area (Å²) in [5, 5.41) is 0. The number of aromatic amines is 1. The molecule has 0 aliphatic heterocycles. The summed E-state index contributed by atoms with van der Waals surface area (Å²) >= 11 is 0. The van der Waals surface area contributed by atoms with Crippen LogP contribution >= 0.6 is 0 Å². The third-order valence-corrected chi connectivity index (χ3v) is 3.35. The first-order valence-electron chi connectivity index (χ1n) is 5.85. The first kappa shape index (κ1) is 10.1. The van der Waals surface area contributed by atoms with Gasteiger partial charge in [-0.05, 0) is 54.2 Å². The van der Waals surface area contributed by atoms with Crippen LogP contribution in [0.5, 0.6) is 0 Å². The second kappa shape index (κ2) is 3.77. The van der Waals surface area contributed by atoms with E-state index >= 15 is 0 Å². The van der Waals surface area contributed by atoms with Gasteiger partial charge in [0.1, 0.15) is 0 Å². The maximum absolute atomic E-state index is 11.5. The normalized spacial score (nSPS) is 13.6. The Morgan fingerprint density at radius 1 is 1.06 bits per heavy atom. The van der Waals surface area contributed by atoms with E-state index in [1.165, 1.54) is 24.0 Å². The van der Waals surface area contributed by atoms with Gasteiger partial charge in [0, 0.05) is 5.69 Å². The third kappa shape index (κ3) is 1.73. The fraction of sp³-hybridized carbons (Fsp3) is 0.214. The van der Waals surface area contributed by atoms with Gasteiger partial charge in [0.15, 0.2) is 0 Å². The molecule has 3 N–H and O–H groups in total. The predicted molar refractivity (Wildman–Crippen MR) is 68.9 cm³/mol. The van der Waals surface area contributed by atoms with Gasteiger partial charge < -0.3 is 10.7 Å². The average molecular weight is 226 g/mol. The number of rotatable bonds is 1. The Hall–Kier alpha value is -2.03. The zero-order valence-electron chi connectivity index (χ0n) is 9.49. The third-order valence-electron chi connectivity index (χ3n) is 3.35. The first-order valence-corrected chi connectivity index (χ1v) is 5.85. The molecule has 0 radical (unpaired) electrons. The summed E-state index contributed by atoms with van der Waals surface area (Å²) in [6.45, 7) is 0. The number of aryl methyl sites for hydroxylation is 2. The van der Waals surface area contributed by atoms with E-state index in [1.54, 1.807) is 6.07 Å². The van der Waals surface area contributed by atoms with Crippen LogP contribution in [0.15, 0.2) is 35.1 Å². The molecule has 1 aliphatic carbocycles. The van der Waals surface area contributed by atoms with Crippen molar-refractivity contribution in [2.45, 2.75) is 19.3 Å². The van der Waals surface area contributed by atoms with Crippen LogP contribution < -0.4 is 11.3 Å². The van der Waals surface area contributed by atoms with Gasteiger partial charge in [0.25, 0.3) is 5.56 Å². The van der Waals surface area contributed by atoms with Gasteiger partial charge in [-0.1, -0.05) is 12.1 Å². The van der Waals surface area contributed by atoms with Crippen molar-refractivity contribution in [1.82, 2.24) is 4.98 Å². The Balaban J connectivity index is 2.09. The molecule has 2 aromatic rings. The van der Waals surface area contributed by atoms with E-state index < -0.39 is 0 Å². The standard InChI is InChI=1S/C14H14N2O/c15-12-6-7-13(16-14(12)17)11-5-4-9-2-1-3-10(9)8-11/h4-8H,1-3,15H2,(H,16,17). The highest BCUT2D eigenvalue weighted by molar-refractivity contribution is 5.62. The second-order valence-corrected chi connectivity index (χ2v) is 4.49. The lowest BCUT2D eigenvalue weighted by Crippen LogP contribution is -2.11. The van der Waals surface area contributed by atoms with Crippen molar-refractivity contribution in [3.8, 4) is 11.3 Å². The lowest BCUT2D eigenvalue weighted by molar-refractivity contribution is 0.912. The monoisotopic (exact) mass is 226 g/mol. The van der Waals surface area contributed by atoms with Crippen molar-refractivity contribution < 1.29 is 0 Å². The van der Waals surface area contributed by atoms with Crippen LogP contribution in [0.4, 0.5) is 5.69 Å². The predicted octanol–water partition coefficient (Wildman–Crippen LogP) is 2.11. The van der Waals surface area contributed by atoms with E-state index in [0.29, 0.717) is 0 Å². The maximum Gasteiger partial charge on any atom is 0.271 e. The van der Waals surface area contributed by atoms with E-state index in [1.807, 2.05) is 6.07 Å². The lowest BCUT2D eigenvalue weighted by Gasteiger charge is -2.05. The van der Waals surface area contributed by atoms with E-state index in [0.717, 1.165) is 17.7 Å². The summed E-state index contributed by atoms with van der Waals surface area (Å²) in [5.74, 6) is 0. The molecule has 17 heavy (non-hydrogen) atoms. The molecular weight excluding hydrogens is 212 g/mol. The number of nitrogens with one attached hydrogen (secondary N) is 1. The highest BCUT2D eigenvalue weighted by Gasteiger charge is 2.11. The highest BCUT2D eigenvalue weighted by atomic mass is 16.1. The molecular formula is C14H14N2O. The molecule has 0 fully saturated rings. The van der Waals surface area contributed by atoms with Crippen LogP contribution in [0, 0.1) is 0 Å². The number of aromatic nitrogens is 1. The summed E-state index contributed by atoms with van der Waals surface area (Å²) < 4.78 is 0. The molecule has 0 saturated carbocycles. The number of nitrogens with two attached hydrogens (primary N) is 1. The smallest absolute Gasteiger partial charge is 0.271 e. The molecule has 1 aromatic heterocycles. The lowest BCUT2D eigenvalue weighted by atomic mass is 10.0. The number of hydrogen-bond acceptors (Lipinski definition) is 2. The Morgan fingerprint density at radius 2 is 1.88 bits per heavy atom. The minimum atomic E-state index is -0.219. The molecule has 0 unspecified atom stereocenters. The summed E-state index contributed by atoms with van der Waals surface area (Å²) in [6.07, 6.45) is 3.55. The maximum atomic E-state index is 11.5. The minimum absolute atomic E-state index is 0.219. The van der Waals surface area contributed by atoms with E-state index in [-0.39, 0.29) is 11.2 Å². The van der Waals surface area contributed by atoms with Crippen LogP contribution in [-0.4, -0.2) is 4.98 Å². The highest BCUT2D eigenvalue weighted by Crippen LogP contribution is 2.26. The number of fused-ring (bicyclic) bond motifs is 1. The number of anilines is 1. The van der Waals surface area contributed by atoms with Gasteiger partial charge in [0.2, 0.25) is 0 Å². The fourth-order valence-corrected chi connectivity index (χ4v) is 2.39. The van der Waals surface area contributed by atoms with Crippen molar-refractivity contribution in [1.29, 1.82) is 0 Å². The quantitative estimate of drug-likeness (QED) is 0.782. The summed E-state index contributed by atoms with van der Waals surface area (Å²) in [5.41, 5.74) is 10.3. The van der Waals surface area contributed by atoms with Crippen LogP contribution in [0.25, 0.3) is 11.3 Å². The minimum Gasteiger partial charge on any atom is -0.394 e. The molecule has 3 heteroatoms. The van der Waals surface area contributed by atoms with Crippen molar-refractivity contribution in [3.05, 3.63) is 51.8 Å². The molecule has 3 rings (SSSR count). The van der Waals surface area contributed by atoms with Crippen LogP contribution in [0.1, 0.15) is 17.5 Å². The van der Waals surface area contributed by atoms with Crippen molar-refractivity contribution >= 4 is 5.69 Å². The average Bonchev–Trinajstić information content (AvgIpc) is 2.79. The van der Waals surface area contributed by atoms with Crippen LogP contribution in [-0.2, 0) is 12.8 Å². The van der Waals surface area contributed by atoms with Gasteiger partial charge in [-0.3, -0.25) is 4.79 Å². The van der Waals surface area contributed by atoms with Crippen molar-refractivity contribution in [3.63, 3.8) is 0 Å². The number of benzene rings is 1. The number of pyridine rings is 1.